The van der Waals surface area contributed by atoms with Gasteiger partial charge in [-0.05, 0) is 43.5 Å². The average Bonchev–Trinajstić information content (AvgIpc) is 2.46. The van der Waals surface area contributed by atoms with Crippen LogP contribution in [0.3, 0.4) is 0 Å². The molecule has 3 atom stereocenters. The first-order chi connectivity index (χ1) is 9.66. The van der Waals surface area contributed by atoms with Crippen LogP contribution in [-0.4, -0.2) is 25.3 Å². The molecule has 2 fully saturated rings. The fraction of sp³-hybridized carbons (Fsp3) is 0.625. The molecule has 1 saturated heterocycles. The third kappa shape index (κ3) is 2.54. The highest BCUT2D eigenvalue weighted by Crippen LogP contribution is 2.35. The standard InChI is InChI=1S/C16H23FN2O/c1-11(18)13-10-12(17)6-7-14(13)19-8-9-20-16-5-3-2-4-15(16)19/h6-7,10-11,15-16H,2-5,8-9,18H2,1H3/t11-,15?,16?/m0/s1. The van der Waals surface area contributed by atoms with E-state index in [1.165, 1.54) is 18.9 Å². The van der Waals surface area contributed by atoms with Gasteiger partial charge in [-0.3, -0.25) is 0 Å². The first kappa shape index (κ1) is 13.8. The van der Waals surface area contributed by atoms with E-state index in [2.05, 4.69) is 4.90 Å². The summed E-state index contributed by atoms with van der Waals surface area (Å²) in [6, 6.07) is 5.25. The van der Waals surface area contributed by atoms with E-state index in [-0.39, 0.29) is 11.9 Å². The zero-order valence-corrected chi connectivity index (χ0v) is 12.0. The summed E-state index contributed by atoms with van der Waals surface area (Å²) in [5.74, 6) is -0.213. The molecule has 0 spiro atoms. The molecular formula is C16H23FN2O. The monoisotopic (exact) mass is 278 g/mol. The molecule has 1 aromatic carbocycles. The summed E-state index contributed by atoms with van der Waals surface area (Å²) in [5, 5.41) is 0. The van der Waals surface area contributed by atoms with Gasteiger partial charge in [0, 0.05) is 18.3 Å². The molecule has 0 radical (unpaired) electrons. The Morgan fingerprint density at radius 3 is 2.95 bits per heavy atom. The van der Waals surface area contributed by atoms with Crippen LogP contribution in [0.1, 0.15) is 44.2 Å². The maximum Gasteiger partial charge on any atom is 0.123 e. The zero-order chi connectivity index (χ0) is 14.1. The van der Waals surface area contributed by atoms with Crippen LogP contribution < -0.4 is 10.6 Å². The maximum atomic E-state index is 13.5. The van der Waals surface area contributed by atoms with Gasteiger partial charge in [-0.15, -0.1) is 0 Å². The molecular weight excluding hydrogens is 255 g/mol. The van der Waals surface area contributed by atoms with Gasteiger partial charge < -0.3 is 15.4 Å². The summed E-state index contributed by atoms with van der Waals surface area (Å²) in [6.07, 6.45) is 5.11. The number of fused-ring (bicyclic) bond motifs is 1. The van der Waals surface area contributed by atoms with Gasteiger partial charge in [0.05, 0.1) is 18.8 Å². The number of nitrogens with two attached hydrogens (primary N) is 1. The Morgan fingerprint density at radius 1 is 1.35 bits per heavy atom. The smallest absolute Gasteiger partial charge is 0.123 e. The van der Waals surface area contributed by atoms with Crippen molar-refractivity contribution in [2.24, 2.45) is 5.73 Å². The van der Waals surface area contributed by atoms with Crippen LogP contribution in [0.15, 0.2) is 18.2 Å². The minimum atomic E-state index is -0.213. The summed E-state index contributed by atoms with van der Waals surface area (Å²) in [4.78, 5) is 2.39. The van der Waals surface area contributed by atoms with Crippen molar-refractivity contribution in [1.82, 2.24) is 0 Å². The molecule has 0 amide bonds. The van der Waals surface area contributed by atoms with Crippen molar-refractivity contribution in [3.05, 3.63) is 29.6 Å². The summed E-state index contributed by atoms with van der Waals surface area (Å²) in [7, 11) is 0. The second-order valence-corrected chi connectivity index (χ2v) is 5.95. The van der Waals surface area contributed by atoms with E-state index in [4.69, 9.17) is 10.5 Å². The van der Waals surface area contributed by atoms with Crippen LogP contribution in [0.4, 0.5) is 10.1 Å². The van der Waals surface area contributed by atoms with Crippen LogP contribution in [0.25, 0.3) is 0 Å². The fourth-order valence-corrected chi connectivity index (χ4v) is 3.55. The lowest BCUT2D eigenvalue weighted by atomic mass is 9.89. The summed E-state index contributed by atoms with van der Waals surface area (Å²) >= 11 is 0. The molecule has 2 aliphatic rings. The largest absolute Gasteiger partial charge is 0.374 e. The fourth-order valence-electron chi connectivity index (χ4n) is 3.55. The first-order valence-corrected chi connectivity index (χ1v) is 7.60. The molecule has 3 nitrogen and oxygen atoms in total. The minimum Gasteiger partial charge on any atom is -0.374 e. The predicted octanol–water partition coefficient (Wildman–Crippen LogP) is 2.99. The normalized spacial score (nSPS) is 28.1. The Labute approximate surface area is 119 Å². The van der Waals surface area contributed by atoms with Crippen molar-refractivity contribution in [3.8, 4) is 0 Å². The van der Waals surface area contributed by atoms with Crippen LogP contribution in [0.2, 0.25) is 0 Å². The van der Waals surface area contributed by atoms with Gasteiger partial charge in [-0.2, -0.15) is 0 Å². The lowest BCUT2D eigenvalue weighted by Gasteiger charge is -2.46. The van der Waals surface area contributed by atoms with Crippen LogP contribution in [0.5, 0.6) is 0 Å². The molecule has 1 saturated carbocycles. The number of rotatable bonds is 2. The van der Waals surface area contributed by atoms with E-state index in [0.29, 0.717) is 12.1 Å². The number of benzene rings is 1. The number of halogens is 1. The molecule has 2 unspecified atom stereocenters. The highest BCUT2D eigenvalue weighted by Gasteiger charge is 2.35. The van der Waals surface area contributed by atoms with Crippen molar-refractivity contribution in [2.75, 3.05) is 18.1 Å². The Kier molecular flexibility index (Phi) is 3.94. The van der Waals surface area contributed by atoms with Gasteiger partial charge in [0.15, 0.2) is 0 Å². The van der Waals surface area contributed by atoms with E-state index < -0.39 is 0 Å². The van der Waals surface area contributed by atoms with Crippen molar-refractivity contribution in [1.29, 1.82) is 0 Å². The van der Waals surface area contributed by atoms with E-state index >= 15 is 0 Å². The predicted molar refractivity (Wildman–Crippen MR) is 78.3 cm³/mol. The van der Waals surface area contributed by atoms with Gasteiger partial charge in [-0.25, -0.2) is 4.39 Å². The van der Waals surface area contributed by atoms with Crippen LogP contribution >= 0.6 is 0 Å². The number of hydrogen-bond acceptors (Lipinski definition) is 3. The van der Waals surface area contributed by atoms with Gasteiger partial charge >= 0.3 is 0 Å². The number of nitrogens with zero attached hydrogens (tertiary/aromatic N) is 1. The molecule has 2 N–H and O–H groups in total. The SMILES string of the molecule is C[C@H](N)c1cc(F)ccc1N1CCOC2CCCCC21. The molecule has 3 rings (SSSR count). The van der Waals surface area contributed by atoms with E-state index in [1.807, 2.05) is 13.0 Å². The number of ether oxygens (including phenoxy) is 1. The minimum absolute atomic E-state index is 0.161. The van der Waals surface area contributed by atoms with Crippen LogP contribution in [-0.2, 0) is 4.74 Å². The molecule has 1 heterocycles. The Bertz CT molecular complexity index is 476. The lowest BCUT2D eigenvalue weighted by Crippen LogP contribution is -2.53. The quantitative estimate of drug-likeness (QED) is 0.904. The Morgan fingerprint density at radius 2 is 2.15 bits per heavy atom. The number of hydrogen-bond donors (Lipinski definition) is 1. The Hall–Kier alpha value is -1.13. The van der Waals surface area contributed by atoms with Crippen LogP contribution in [0, 0.1) is 5.82 Å². The zero-order valence-electron chi connectivity index (χ0n) is 12.0. The molecule has 0 bridgehead atoms. The van der Waals surface area contributed by atoms with E-state index in [9.17, 15) is 4.39 Å². The summed E-state index contributed by atoms with van der Waals surface area (Å²) in [6.45, 7) is 3.53. The number of anilines is 1. The second kappa shape index (κ2) is 5.70. The molecule has 0 aromatic heterocycles. The highest BCUT2D eigenvalue weighted by atomic mass is 19.1. The van der Waals surface area contributed by atoms with E-state index in [1.54, 1.807) is 6.07 Å². The third-order valence-electron chi connectivity index (χ3n) is 4.52. The molecule has 110 valence electrons. The maximum absolute atomic E-state index is 13.5. The number of morpholine rings is 1. The lowest BCUT2D eigenvalue weighted by molar-refractivity contribution is -0.00875. The van der Waals surface area contributed by atoms with Gasteiger partial charge in [0.1, 0.15) is 5.82 Å². The Balaban J connectivity index is 1.94. The molecule has 1 aliphatic carbocycles. The third-order valence-corrected chi connectivity index (χ3v) is 4.52. The average molecular weight is 278 g/mol. The topological polar surface area (TPSA) is 38.5 Å². The molecule has 1 aliphatic heterocycles. The molecule has 20 heavy (non-hydrogen) atoms. The van der Waals surface area contributed by atoms with Crippen molar-refractivity contribution in [3.63, 3.8) is 0 Å². The first-order valence-electron chi connectivity index (χ1n) is 7.60. The molecule has 4 heteroatoms. The highest BCUT2D eigenvalue weighted by molar-refractivity contribution is 5.56. The summed E-state index contributed by atoms with van der Waals surface area (Å²) in [5.41, 5.74) is 8.02. The van der Waals surface area contributed by atoms with Crippen molar-refractivity contribution < 1.29 is 9.13 Å². The van der Waals surface area contributed by atoms with Crippen molar-refractivity contribution >= 4 is 5.69 Å². The van der Waals surface area contributed by atoms with Gasteiger partial charge in [0.25, 0.3) is 0 Å². The van der Waals surface area contributed by atoms with Gasteiger partial charge in [0.2, 0.25) is 0 Å². The van der Waals surface area contributed by atoms with Crippen molar-refractivity contribution in [2.45, 2.75) is 50.8 Å². The second-order valence-electron chi connectivity index (χ2n) is 5.95. The molecule has 1 aromatic rings. The van der Waals surface area contributed by atoms with E-state index in [0.717, 1.165) is 37.2 Å². The summed E-state index contributed by atoms with van der Waals surface area (Å²) < 4.78 is 19.4. The van der Waals surface area contributed by atoms with Gasteiger partial charge in [-0.1, -0.05) is 12.8 Å².